The predicted octanol–water partition coefficient (Wildman–Crippen LogP) is 5.05. The summed E-state index contributed by atoms with van der Waals surface area (Å²) in [7, 11) is -7.64. The Labute approximate surface area is 196 Å². The summed E-state index contributed by atoms with van der Waals surface area (Å²) in [5.74, 6) is 1.59. The van der Waals surface area contributed by atoms with E-state index in [-0.39, 0.29) is 26.1 Å². The standard InChI is InChI=1S/C24H32N2O5S2/c1-16-21(32(5,27)28)14-22(31-16)33(29,30)18-11-12-20-19(13-18)25-23(24(2,3)4)26(20)15-17-9-7-6-8-10-17/h11-14,17H,6-10,15H2,1-5H3. The third-order valence-corrected chi connectivity index (χ3v) is 9.19. The van der Waals surface area contributed by atoms with Crippen LogP contribution in [0.1, 0.15) is 64.5 Å². The molecule has 1 fully saturated rings. The van der Waals surface area contributed by atoms with Crippen LogP contribution >= 0.6 is 0 Å². The highest BCUT2D eigenvalue weighted by Gasteiger charge is 2.29. The minimum Gasteiger partial charge on any atom is -0.448 e. The molecule has 0 bridgehead atoms. The zero-order chi connectivity index (χ0) is 24.2. The fourth-order valence-corrected chi connectivity index (χ4v) is 6.93. The maximum Gasteiger partial charge on any atom is 0.239 e. The number of imidazole rings is 1. The Hall–Kier alpha value is -2.13. The van der Waals surface area contributed by atoms with Crippen LogP contribution in [0.2, 0.25) is 0 Å². The number of rotatable bonds is 5. The van der Waals surface area contributed by atoms with Crippen molar-refractivity contribution in [3.63, 3.8) is 0 Å². The van der Waals surface area contributed by atoms with Gasteiger partial charge in [-0.25, -0.2) is 21.8 Å². The molecule has 0 amide bonds. The van der Waals surface area contributed by atoms with Gasteiger partial charge in [0.25, 0.3) is 0 Å². The van der Waals surface area contributed by atoms with Gasteiger partial charge in [-0.1, -0.05) is 40.0 Å². The molecule has 1 aliphatic rings. The van der Waals surface area contributed by atoms with Crippen molar-refractivity contribution in [2.24, 2.45) is 5.92 Å². The van der Waals surface area contributed by atoms with Crippen molar-refractivity contribution in [3.05, 3.63) is 35.9 Å². The zero-order valence-electron chi connectivity index (χ0n) is 19.9. The number of furan rings is 1. The number of aryl methyl sites for hydroxylation is 1. The lowest BCUT2D eigenvalue weighted by molar-refractivity contribution is 0.313. The lowest BCUT2D eigenvalue weighted by atomic mass is 9.88. The maximum absolute atomic E-state index is 13.3. The second kappa shape index (κ2) is 8.27. The van der Waals surface area contributed by atoms with Gasteiger partial charge < -0.3 is 8.98 Å². The van der Waals surface area contributed by atoms with Crippen LogP contribution in [0.15, 0.2) is 43.6 Å². The van der Waals surface area contributed by atoms with Gasteiger partial charge in [0.15, 0.2) is 9.84 Å². The quantitative estimate of drug-likeness (QED) is 0.494. The highest BCUT2D eigenvalue weighted by atomic mass is 32.2. The number of benzene rings is 1. The average Bonchev–Trinajstić information content (AvgIpc) is 3.29. The van der Waals surface area contributed by atoms with E-state index in [1.54, 1.807) is 18.2 Å². The smallest absolute Gasteiger partial charge is 0.239 e. The highest BCUT2D eigenvalue weighted by molar-refractivity contribution is 7.92. The number of nitrogens with zero attached hydrogens (tertiary/aromatic N) is 2. The lowest BCUT2D eigenvalue weighted by Gasteiger charge is -2.26. The van der Waals surface area contributed by atoms with Gasteiger partial charge in [0, 0.05) is 24.3 Å². The van der Waals surface area contributed by atoms with Gasteiger partial charge in [0.1, 0.15) is 16.5 Å². The van der Waals surface area contributed by atoms with Crippen molar-refractivity contribution in [2.75, 3.05) is 6.26 Å². The summed E-state index contributed by atoms with van der Waals surface area (Å²) in [6.07, 6.45) is 7.24. The maximum atomic E-state index is 13.3. The molecule has 0 unspecified atom stereocenters. The van der Waals surface area contributed by atoms with Crippen LogP contribution in [-0.2, 0) is 31.6 Å². The fourth-order valence-electron chi connectivity index (χ4n) is 4.72. The molecule has 7 nitrogen and oxygen atoms in total. The number of hydrogen-bond donors (Lipinski definition) is 0. The number of sulfone groups is 2. The van der Waals surface area contributed by atoms with Crippen molar-refractivity contribution >= 4 is 30.7 Å². The number of aromatic nitrogens is 2. The van der Waals surface area contributed by atoms with Gasteiger partial charge in [-0.2, -0.15) is 0 Å². The van der Waals surface area contributed by atoms with Crippen molar-refractivity contribution in [1.82, 2.24) is 9.55 Å². The second-order valence-corrected chi connectivity index (χ2v) is 14.1. The van der Waals surface area contributed by atoms with E-state index in [1.807, 2.05) is 0 Å². The van der Waals surface area contributed by atoms with Gasteiger partial charge in [-0.05, 0) is 43.9 Å². The monoisotopic (exact) mass is 492 g/mol. The first kappa shape index (κ1) is 24.0. The summed E-state index contributed by atoms with van der Waals surface area (Å²) in [5.41, 5.74) is 1.33. The Morgan fingerprint density at radius 3 is 2.30 bits per heavy atom. The molecule has 0 saturated heterocycles. The Kier molecular flexibility index (Phi) is 6.02. The molecule has 0 radical (unpaired) electrons. The molecular weight excluding hydrogens is 460 g/mol. The summed E-state index contributed by atoms with van der Waals surface area (Å²) in [4.78, 5) is 4.77. The van der Waals surface area contributed by atoms with Crippen molar-refractivity contribution in [1.29, 1.82) is 0 Å². The van der Waals surface area contributed by atoms with E-state index in [9.17, 15) is 16.8 Å². The zero-order valence-corrected chi connectivity index (χ0v) is 21.5. The summed E-state index contributed by atoms with van der Waals surface area (Å²) in [5, 5.41) is -0.377. The molecule has 0 aliphatic heterocycles. The normalized spacial score (nSPS) is 16.5. The minimum absolute atomic E-state index is 0.0339. The fraction of sp³-hybridized carbons (Fsp3) is 0.542. The van der Waals surface area contributed by atoms with E-state index < -0.39 is 19.7 Å². The van der Waals surface area contributed by atoms with E-state index in [1.165, 1.54) is 39.0 Å². The van der Waals surface area contributed by atoms with Gasteiger partial charge in [0.05, 0.1) is 15.9 Å². The first-order chi connectivity index (χ1) is 15.3. The van der Waals surface area contributed by atoms with Gasteiger partial charge in [0.2, 0.25) is 14.9 Å². The van der Waals surface area contributed by atoms with Crippen molar-refractivity contribution in [2.45, 2.75) is 86.6 Å². The lowest BCUT2D eigenvalue weighted by Crippen LogP contribution is -2.22. The topological polar surface area (TPSA) is 99.2 Å². The van der Waals surface area contributed by atoms with Gasteiger partial charge in [-0.3, -0.25) is 0 Å². The summed E-state index contributed by atoms with van der Waals surface area (Å²) < 4.78 is 58.0. The van der Waals surface area contributed by atoms with Crippen molar-refractivity contribution in [3.8, 4) is 0 Å². The average molecular weight is 493 g/mol. The SMILES string of the molecule is Cc1oc(S(=O)(=O)c2ccc3c(c2)nc(C(C)(C)C)n3CC2CCCCC2)cc1S(C)(=O)=O. The highest BCUT2D eigenvalue weighted by Crippen LogP contribution is 2.34. The van der Waals surface area contributed by atoms with Crippen LogP contribution < -0.4 is 0 Å². The Bertz CT molecular complexity index is 1400. The molecule has 9 heteroatoms. The first-order valence-electron chi connectivity index (χ1n) is 11.3. The van der Waals surface area contributed by atoms with Gasteiger partial charge in [-0.15, -0.1) is 0 Å². The van der Waals surface area contributed by atoms with E-state index in [4.69, 9.17) is 9.40 Å². The van der Waals surface area contributed by atoms with Crippen LogP contribution in [0, 0.1) is 12.8 Å². The van der Waals surface area contributed by atoms with E-state index in [0.29, 0.717) is 11.4 Å². The predicted molar refractivity (Wildman–Crippen MR) is 127 cm³/mol. The minimum atomic E-state index is -4.04. The Morgan fingerprint density at radius 2 is 1.73 bits per heavy atom. The number of hydrogen-bond acceptors (Lipinski definition) is 6. The molecule has 180 valence electrons. The van der Waals surface area contributed by atoms with Crippen LogP contribution in [-0.4, -0.2) is 32.6 Å². The summed E-state index contributed by atoms with van der Waals surface area (Å²) in [6, 6.07) is 6.02. The molecule has 1 aromatic carbocycles. The molecule has 1 aliphatic carbocycles. The van der Waals surface area contributed by atoms with Crippen LogP contribution in [0.3, 0.4) is 0 Å². The van der Waals surface area contributed by atoms with Crippen LogP contribution in [0.4, 0.5) is 0 Å². The van der Waals surface area contributed by atoms with E-state index in [0.717, 1.165) is 30.2 Å². The molecular formula is C24H32N2O5S2. The molecule has 0 atom stereocenters. The number of fused-ring (bicyclic) bond motifs is 1. The summed E-state index contributed by atoms with van der Waals surface area (Å²) in [6.45, 7) is 8.66. The third-order valence-electron chi connectivity index (χ3n) is 6.38. The molecule has 4 rings (SSSR count). The third kappa shape index (κ3) is 4.62. The Balaban J connectivity index is 1.80. The first-order valence-corrected chi connectivity index (χ1v) is 14.7. The molecule has 2 heterocycles. The molecule has 0 spiro atoms. The van der Waals surface area contributed by atoms with Crippen LogP contribution in [0.25, 0.3) is 11.0 Å². The summed E-state index contributed by atoms with van der Waals surface area (Å²) >= 11 is 0. The van der Waals surface area contributed by atoms with Crippen LogP contribution in [0.5, 0.6) is 0 Å². The second-order valence-electron chi connectivity index (χ2n) is 10.2. The molecule has 3 aromatic rings. The Morgan fingerprint density at radius 1 is 1.06 bits per heavy atom. The molecule has 2 aromatic heterocycles. The van der Waals surface area contributed by atoms with Crippen molar-refractivity contribution < 1.29 is 21.3 Å². The molecule has 0 N–H and O–H groups in total. The van der Waals surface area contributed by atoms with E-state index in [2.05, 4.69) is 25.3 Å². The largest absolute Gasteiger partial charge is 0.448 e. The van der Waals surface area contributed by atoms with E-state index >= 15 is 0 Å². The molecule has 1 saturated carbocycles. The molecule has 33 heavy (non-hydrogen) atoms. The van der Waals surface area contributed by atoms with Gasteiger partial charge >= 0.3 is 0 Å².